The van der Waals surface area contributed by atoms with Gasteiger partial charge >= 0.3 is 0 Å². The molecule has 1 nitrogen and oxygen atoms in total. The van der Waals surface area contributed by atoms with E-state index in [1.165, 1.54) is 19.3 Å². The lowest BCUT2D eigenvalue weighted by atomic mass is 10.3. The summed E-state index contributed by atoms with van der Waals surface area (Å²) in [6.45, 7) is 4.02. The summed E-state index contributed by atoms with van der Waals surface area (Å²) in [5.74, 6) is 1.91. The molecule has 0 aromatic carbocycles. The summed E-state index contributed by atoms with van der Waals surface area (Å²) in [7, 11) is -1.49. The summed E-state index contributed by atoms with van der Waals surface area (Å²) in [4.78, 5) is 1.16. The van der Waals surface area contributed by atoms with Crippen molar-refractivity contribution in [3.63, 3.8) is 0 Å². The van der Waals surface area contributed by atoms with Crippen molar-refractivity contribution in [1.82, 2.24) is 0 Å². The quantitative estimate of drug-likeness (QED) is 0.493. The van der Waals surface area contributed by atoms with Crippen LogP contribution in [0.15, 0.2) is 0 Å². The fraction of sp³-hybridized carbons (Fsp3) is 0.875. The smallest absolute Gasteiger partial charge is 0.0163 e. The van der Waals surface area contributed by atoms with Crippen molar-refractivity contribution in [2.24, 2.45) is 0 Å². The molecule has 60 valence electrons. The van der Waals surface area contributed by atoms with Crippen LogP contribution < -0.4 is 0 Å². The highest BCUT2D eigenvalue weighted by atomic mass is 32.2. The van der Waals surface area contributed by atoms with Crippen molar-refractivity contribution in [2.75, 3.05) is 11.5 Å². The Morgan fingerprint density at radius 2 is 1.60 bits per heavy atom. The molecule has 0 atom stereocenters. The van der Waals surface area contributed by atoms with Gasteiger partial charge in [0.05, 0.1) is 0 Å². The van der Waals surface area contributed by atoms with Crippen LogP contribution in [0.25, 0.3) is 0 Å². The molecule has 0 radical (unpaired) electrons. The van der Waals surface area contributed by atoms with E-state index in [9.17, 15) is 4.21 Å². The van der Waals surface area contributed by atoms with Gasteiger partial charge in [0, 0.05) is 11.5 Å². The largest absolute Gasteiger partial charge is 0.267 e. The Labute approximate surface area is 63.8 Å². The molecule has 0 amide bonds. The van der Waals surface area contributed by atoms with Crippen LogP contribution in [0.4, 0.5) is 0 Å². The van der Waals surface area contributed by atoms with Crippen molar-refractivity contribution < 1.29 is 4.21 Å². The van der Waals surface area contributed by atoms with Crippen molar-refractivity contribution in [1.29, 1.82) is 0 Å². The lowest BCUT2D eigenvalue weighted by Gasteiger charge is -2.17. The molecule has 0 spiro atoms. The number of hydrogen-bond acceptors (Lipinski definition) is 1. The SMILES string of the molecule is CC(C)=S1(=O)CCCCC1. The zero-order chi connectivity index (χ0) is 7.61. The first-order chi connectivity index (χ1) is 4.65. The minimum Gasteiger partial charge on any atom is -0.267 e. The standard InChI is InChI=1S/C8H16OS/c1-8(2)10(9)6-4-3-5-7-10/h3-7H2,1-2H3. The summed E-state index contributed by atoms with van der Waals surface area (Å²) >= 11 is 0. The van der Waals surface area contributed by atoms with Gasteiger partial charge in [-0.3, -0.25) is 4.21 Å². The van der Waals surface area contributed by atoms with Crippen LogP contribution in [0.2, 0.25) is 0 Å². The number of hydrogen-bond donors (Lipinski definition) is 0. The third-order valence-electron chi connectivity index (χ3n) is 2.19. The topological polar surface area (TPSA) is 17.1 Å². The minimum absolute atomic E-state index is 0.954. The van der Waals surface area contributed by atoms with Gasteiger partial charge in [0.25, 0.3) is 0 Å². The van der Waals surface area contributed by atoms with Crippen LogP contribution in [0, 0.1) is 0 Å². The molecule has 2 heteroatoms. The summed E-state index contributed by atoms with van der Waals surface area (Å²) in [6.07, 6.45) is 3.62. The van der Waals surface area contributed by atoms with Gasteiger partial charge < -0.3 is 0 Å². The molecule has 1 aliphatic rings. The molecule has 0 aliphatic carbocycles. The molecular formula is C8H16OS. The Balaban J connectivity index is 2.87. The average Bonchev–Trinajstić information content (AvgIpc) is 1.89. The van der Waals surface area contributed by atoms with Crippen LogP contribution in [0.1, 0.15) is 33.1 Å². The van der Waals surface area contributed by atoms with E-state index in [0.29, 0.717) is 0 Å². The molecule has 0 saturated carbocycles. The summed E-state index contributed by atoms with van der Waals surface area (Å²) in [5.41, 5.74) is 0. The Kier molecular flexibility index (Phi) is 2.40. The van der Waals surface area contributed by atoms with Crippen molar-refractivity contribution >= 4 is 14.4 Å². The molecular weight excluding hydrogens is 144 g/mol. The van der Waals surface area contributed by atoms with Gasteiger partial charge in [-0.15, -0.1) is 0 Å². The van der Waals surface area contributed by atoms with Crippen LogP contribution in [-0.4, -0.2) is 20.6 Å². The van der Waals surface area contributed by atoms with Gasteiger partial charge in [0.2, 0.25) is 0 Å². The second-order valence-electron chi connectivity index (χ2n) is 3.19. The fourth-order valence-electron chi connectivity index (χ4n) is 1.36. The van der Waals surface area contributed by atoms with Gasteiger partial charge in [0.15, 0.2) is 0 Å². The average molecular weight is 160 g/mol. The van der Waals surface area contributed by atoms with E-state index >= 15 is 0 Å². The normalized spacial score (nSPS) is 24.2. The second kappa shape index (κ2) is 2.95. The highest BCUT2D eigenvalue weighted by Crippen LogP contribution is 2.12. The maximum absolute atomic E-state index is 11.9. The molecule has 1 rings (SSSR count). The van der Waals surface area contributed by atoms with Gasteiger partial charge in [0.1, 0.15) is 0 Å². The van der Waals surface area contributed by atoms with E-state index in [2.05, 4.69) is 0 Å². The molecule has 0 N–H and O–H groups in total. The highest BCUT2D eigenvalue weighted by molar-refractivity contribution is 8.02. The maximum atomic E-state index is 11.9. The highest BCUT2D eigenvalue weighted by Gasteiger charge is 2.13. The predicted octanol–water partition coefficient (Wildman–Crippen LogP) is 1.67. The molecule has 1 saturated heterocycles. The first-order valence-electron chi connectivity index (χ1n) is 3.95. The van der Waals surface area contributed by atoms with Crippen molar-refractivity contribution in [2.45, 2.75) is 33.1 Å². The summed E-state index contributed by atoms with van der Waals surface area (Å²) < 4.78 is 11.9. The molecule has 0 unspecified atom stereocenters. The molecule has 0 aromatic rings. The molecule has 0 bridgehead atoms. The first-order valence-corrected chi connectivity index (χ1v) is 5.84. The minimum atomic E-state index is -1.49. The molecule has 1 heterocycles. The zero-order valence-electron chi connectivity index (χ0n) is 6.85. The maximum Gasteiger partial charge on any atom is 0.0163 e. The molecule has 0 aromatic heterocycles. The van der Waals surface area contributed by atoms with E-state index in [4.69, 9.17) is 0 Å². The monoisotopic (exact) mass is 160 g/mol. The van der Waals surface area contributed by atoms with E-state index in [-0.39, 0.29) is 0 Å². The van der Waals surface area contributed by atoms with E-state index in [1.807, 2.05) is 13.8 Å². The first kappa shape index (κ1) is 8.12. The number of rotatable bonds is 0. The Morgan fingerprint density at radius 3 is 1.90 bits per heavy atom. The Bertz CT molecular complexity index is 205. The molecule has 1 aliphatic heterocycles. The third-order valence-corrected chi connectivity index (χ3v) is 5.58. The van der Waals surface area contributed by atoms with Gasteiger partial charge in [-0.2, -0.15) is 0 Å². The van der Waals surface area contributed by atoms with Crippen LogP contribution in [0.3, 0.4) is 0 Å². The van der Waals surface area contributed by atoms with Crippen LogP contribution in [-0.2, 0) is 9.52 Å². The lowest BCUT2D eigenvalue weighted by Crippen LogP contribution is -2.21. The summed E-state index contributed by atoms with van der Waals surface area (Å²) in [6, 6.07) is 0. The van der Waals surface area contributed by atoms with E-state index in [1.54, 1.807) is 0 Å². The Morgan fingerprint density at radius 1 is 1.10 bits per heavy atom. The van der Waals surface area contributed by atoms with E-state index in [0.717, 1.165) is 16.4 Å². The second-order valence-corrected chi connectivity index (χ2v) is 6.45. The zero-order valence-corrected chi connectivity index (χ0v) is 7.67. The van der Waals surface area contributed by atoms with E-state index < -0.39 is 9.52 Å². The van der Waals surface area contributed by atoms with Crippen LogP contribution in [0.5, 0.6) is 0 Å². The molecule has 10 heavy (non-hydrogen) atoms. The van der Waals surface area contributed by atoms with Gasteiger partial charge in [-0.1, -0.05) is 6.42 Å². The summed E-state index contributed by atoms with van der Waals surface area (Å²) in [5, 5.41) is 0. The predicted molar refractivity (Wildman–Crippen MR) is 48.1 cm³/mol. The lowest BCUT2D eigenvalue weighted by molar-refractivity contribution is 0.654. The fourth-order valence-corrected chi connectivity index (χ4v) is 3.72. The molecule has 1 fully saturated rings. The third kappa shape index (κ3) is 1.54. The van der Waals surface area contributed by atoms with Crippen molar-refractivity contribution in [3.8, 4) is 0 Å². The van der Waals surface area contributed by atoms with Gasteiger partial charge in [-0.05, 0) is 41.1 Å². The Hall–Kier alpha value is 0.0200. The van der Waals surface area contributed by atoms with Crippen molar-refractivity contribution in [3.05, 3.63) is 0 Å². The van der Waals surface area contributed by atoms with Gasteiger partial charge in [-0.25, -0.2) is 0 Å². The van der Waals surface area contributed by atoms with Crippen LogP contribution >= 0.6 is 0 Å².